The van der Waals surface area contributed by atoms with Gasteiger partial charge in [0.05, 0.1) is 6.20 Å². The third-order valence-electron chi connectivity index (χ3n) is 1.91. The lowest BCUT2D eigenvalue weighted by Crippen LogP contribution is -1.89. The maximum absolute atomic E-state index is 13.0. The number of hydrogen-bond acceptors (Lipinski definition) is 4. The highest BCUT2D eigenvalue weighted by atomic mass is 32.1. The number of carboxylic acid groups (broad SMARTS) is 1. The Morgan fingerprint density at radius 3 is 2.75 bits per heavy atom. The van der Waals surface area contributed by atoms with E-state index < -0.39 is 17.5 Å². The van der Waals surface area contributed by atoms with E-state index in [1.807, 2.05) is 0 Å². The fraction of sp³-hybridized carbons (Fsp3) is 0. The lowest BCUT2D eigenvalue weighted by molar-refractivity contribution is 0.0702. The predicted octanol–water partition coefficient (Wildman–Crippen LogP) is 2.35. The van der Waals surface area contributed by atoms with Crippen LogP contribution in [0.25, 0.3) is 10.6 Å². The summed E-state index contributed by atoms with van der Waals surface area (Å²) in [6.07, 6.45) is 1.22. The zero-order valence-electron chi connectivity index (χ0n) is 7.85. The average molecular weight is 239 g/mol. The molecule has 0 atom stereocenters. The largest absolute Gasteiger partial charge is 0.505 e. The van der Waals surface area contributed by atoms with Gasteiger partial charge in [-0.05, 0) is 18.2 Å². The van der Waals surface area contributed by atoms with Crippen LogP contribution in [0.4, 0.5) is 4.39 Å². The monoisotopic (exact) mass is 239 g/mol. The van der Waals surface area contributed by atoms with Crippen molar-refractivity contribution in [2.45, 2.75) is 0 Å². The molecule has 0 aliphatic rings. The van der Waals surface area contributed by atoms with Gasteiger partial charge in [0, 0.05) is 5.56 Å². The van der Waals surface area contributed by atoms with E-state index in [4.69, 9.17) is 10.2 Å². The fourth-order valence-corrected chi connectivity index (χ4v) is 1.90. The first-order chi connectivity index (χ1) is 7.58. The molecule has 0 fully saturated rings. The summed E-state index contributed by atoms with van der Waals surface area (Å²) in [5.74, 6) is -2.27. The summed E-state index contributed by atoms with van der Waals surface area (Å²) < 4.78 is 13.0. The highest BCUT2D eigenvalue weighted by Crippen LogP contribution is 2.28. The summed E-state index contributed by atoms with van der Waals surface area (Å²) in [7, 11) is 0. The number of carbonyl (C=O) groups is 1. The Morgan fingerprint density at radius 1 is 1.44 bits per heavy atom. The summed E-state index contributed by atoms with van der Waals surface area (Å²) in [4.78, 5) is 14.6. The lowest BCUT2D eigenvalue weighted by atomic mass is 10.2. The van der Waals surface area contributed by atoms with Crippen molar-refractivity contribution in [1.29, 1.82) is 0 Å². The van der Waals surface area contributed by atoms with Crippen molar-refractivity contribution in [2.75, 3.05) is 0 Å². The number of aromatic nitrogens is 1. The van der Waals surface area contributed by atoms with Gasteiger partial charge in [-0.25, -0.2) is 14.2 Å². The normalized spacial score (nSPS) is 10.3. The minimum absolute atomic E-state index is 0.0866. The van der Waals surface area contributed by atoms with E-state index in [2.05, 4.69) is 4.98 Å². The summed E-state index contributed by atoms with van der Waals surface area (Å²) >= 11 is 0.950. The van der Waals surface area contributed by atoms with E-state index in [1.54, 1.807) is 0 Å². The quantitative estimate of drug-likeness (QED) is 0.843. The first-order valence-electron chi connectivity index (χ1n) is 4.26. The Bertz CT molecular complexity index is 553. The highest BCUT2D eigenvalue weighted by Gasteiger charge is 2.11. The molecule has 0 saturated carbocycles. The molecule has 0 saturated heterocycles. The van der Waals surface area contributed by atoms with Gasteiger partial charge in [0.15, 0.2) is 11.6 Å². The summed E-state index contributed by atoms with van der Waals surface area (Å²) in [6.45, 7) is 0. The fourth-order valence-electron chi connectivity index (χ4n) is 1.15. The molecule has 4 nitrogen and oxygen atoms in total. The van der Waals surface area contributed by atoms with Crippen LogP contribution in [0.3, 0.4) is 0 Å². The summed E-state index contributed by atoms with van der Waals surface area (Å²) in [5, 5.41) is 18.1. The minimum atomic E-state index is -1.07. The molecule has 1 aromatic carbocycles. The number of rotatable bonds is 2. The molecule has 0 unspecified atom stereocenters. The van der Waals surface area contributed by atoms with Gasteiger partial charge in [0.1, 0.15) is 9.88 Å². The number of phenolic OH excluding ortho intramolecular Hbond substituents is 1. The van der Waals surface area contributed by atoms with Crippen molar-refractivity contribution in [3.63, 3.8) is 0 Å². The van der Waals surface area contributed by atoms with Crippen LogP contribution in [0.1, 0.15) is 9.67 Å². The lowest BCUT2D eigenvalue weighted by Gasteiger charge is -1.98. The van der Waals surface area contributed by atoms with Gasteiger partial charge in [0.25, 0.3) is 0 Å². The second-order valence-corrected chi connectivity index (χ2v) is 4.03. The van der Waals surface area contributed by atoms with Crippen LogP contribution in [0.15, 0.2) is 24.4 Å². The zero-order valence-corrected chi connectivity index (χ0v) is 8.66. The molecule has 0 radical (unpaired) electrons. The molecule has 2 N–H and O–H groups in total. The molecule has 0 aliphatic carbocycles. The molecule has 82 valence electrons. The van der Waals surface area contributed by atoms with Gasteiger partial charge < -0.3 is 10.2 Å². The Balaban J connectivity index is 2.42. The SMILES string of the molecule is O=C(O)c1cnc(-c2ccc(O)c(F)c2)s1. The Labute approximate surface area is 93.6 Å². The van der Waals surface area contributed by atoms with Crippen molar-refractivity contribution in [2.24, 2.45) is 0 Å². The molecule has 1 aromatic heterocycles. The van der Waals surface area contributed by atoms with Crippen LogP contribution >= 0.6 is 11.3 Å². The summed E-state index contributed by atoms with van der Waals surface area (Å²) in [6, 6.07) is 3.79. The second-order valence-electron chi connectivity index (χ2n) is 3.00. The van der Waals surface area contributed by atoms with Crippen LogP contribution in [0.5, 0.6) is 5.75 Å². The molecule has 16 heavy (non-hydrogen) atoms. The van der Waals surface area contributed by atoms with Gasteiger partial charge in [0.2, 0.25) is 0 Å². The van der Waals surface area contributed by atoms with E-state index in [9.17, 15) is 9.18 Å². The Hall–Kier alpha value is -1.95. The first kappa shape index (κ1) is 10.6. The smallest absolute Gasteiger partial charge is 0.347 e. The van der Waals surface area contributed by atoms with E-state index in [0.29, 0.717) is 10.6 Å². The van der Waals surface area contributed by atoms with Crippen molar-refractivity contribution in [1.82, 2.24) is 4.98 Å². The maximum Gasteiger partial charge on any atom is 0.347 e. The van der Waals surface area contributed by atoms with Crippen LogP contribution in [-0.4, -0.2) is 21.2 Å². The number of carboxylic acids is 1. The minimum Gasteiger partial charge on any atom is -0.505 e. The molecular weight excluding hydrogens is 233 g/mol. The van der Waals surface area contributed by atoms with Crippen molar-refractivity contribution in [3.8, 4) is 16.3 Å². The molecule has 0 amide bonds. The van der Waals surface area contributed by atoms with Crippen molar-refractivity contribution < 1.29 is 19.4 Å². The predicted molar refractivity (Wildman–Crippen MR) is 56.1 cm³/mol. The molecule has 2 aromatic rings. The number of halogens is 1. The third-order valence-corrected chi connectivity index (χ3v) is 2.95. The van der Waals surface area contributed by atoms with Gasteiger partial charge in [-0.3, -0.25) is 0 Å². The van der Waals surface area contributed by atoms with Crippen molar-refractivity contribution >= 4 is 17.3 Å². The van der Waals surface area contributed by atoms with Gasteiger partial charge in [-0.15, -0.1) is 11.3 Å². The van der Waals surface area contributed by atoms with E-state index in [1.165, 1.54) is 18.3 Å². The molecule has 2 rings (SSSR count). The number of aromatic carboxylic acids is 1. The topological polar surface area (TPSA) is 70.4 Å². The van der Waals surface area contributed by atoms with Gasteiger partial charge >= 0.3 is 5.97 Å². The van der Waals surface area contributed by atoms with Crippen LogP contribution < -0.4 is 0 Å². The molecule has 0 spiro atoms. The molecular formula is C10H6FNO3S. The molecule has 0 bridgehead atoms. The van der Waals surface area contributed by atoms with Gasteiger partial charge in [-0.2, -0.15) is 0 Å². The number of hydrogen-bond donors (Lipinski definition) is 2. The van der Waals surface area contributed by atoms with E-state index in [-0.39, 0.29) is 4.88 Å². The van der Waals surface area contributed by atoms with Crippen LogP contribution in [0, 0.1) is 5.82 Å². The first-order valence-corrected chi connectivity index (χ1v) is 5.07. The van der Waals surface area contributed by atoms with E-state index in [0.717, 1.165) is 17.4 Å². The molecule has 6 heteroatoms. The maximum atomic E-state index is 13.0. The number of thiazole rings is 1. The van der Waals surface area contributed by atoms with Gasteiger partial charge in [-0.1, -0.05) is 0 Å². The Morgan fingerprint density at radius 2 is 2.19 bits per heavy atom. The van der Waals surface area contributed by atoms with Crippen LogP contribution in [-0.2, 0) is 0 Å². The average Bonchev–Trinajstić information content (AvgIpc) is 2.71. The number of phenols is 1. The number of aromatic hydroxyl groups is 1. The number of nitrogens with zero attached hydrogens (tertiary/aromatic N) is 1. The standard InChI is InChI=1S/C10H6FNO3S/c11-6-3-5(1-2-7(6)13)9-12-4-8(16-9)10(14)15/h1-4,13H,(H,14,15). The molecule has 1 heterocycles. The third kappa shape index (κ3) is 1.87. The molecule has 0 aliphatic heterocycles. The Kier molecular flexibility index (Phi) is 2.57. The summed E-state index contributed by atoms with van der Waals surface area (Å²) in [5.41, 5.74) is 0.438. The zero-order chi connectivity index (χ0) is 11.7. The highest BCUT2D eigenvalue weighted by molar-refractivity contribution is 7.16. The van der Waals surface area contributed by atoms with E-state index >= 15 is 0 Å². The number of benzene rings is 1. The van der Waals surface area contributed by atoms with Crippen LogP contribution in [0.2, 0.25) is 0 Å². The second kappa shape index (κ2) is 3.90. The van der Waals surface area contributed by atoms with Crippen molar-refractivity contribution in [3.05, 3.63) is 35.1 Å².